The number of hydrogen-bond donors (Lipinski definition) is 0. The zero-order valence-corrected chi connectivity index (χ0v) is 29.0. The summed E-state index contributed by atoms with van der Waals surface area (Å²) in [5.41, 5.74) is -2.71. The van der Waals surface area contributed by atoms with E-state index in [1.165, 1.54) is 19.6 Å². The first kappa shape index (κ1) is 47.5. The molecule has 0 aliphatic carbocycles. The van der Waals surface area contributed by atoms with Gasteiger partial charge in [0.15, 0.2) is 0 Å². The number of nitrogens with zero attached hydrogens (tertiary/aromatic N) is 4. The minimum atomic E-state index is -7.26. The van der Waals surface area contributed by atoms with E-state index < -0.39 is 79.2 Å². The van der Waals surface area contributed by atoms with Crippen molar-refractivity contribution in [2.75, 3.05) is 19.6 Å². The minimum Gasteiger partial charge on any atom is -0.432 e. The van der Waals surface area contributed by atoms with E-state index in [4.69, 9.17) is 46.4 Å². The van der Waals surface area contributed by atoms with Crippen molar-refractivity contribution >= 4 is 69.4 Å². The van der Waals surface area contributed by atoms with Gasteiger partial charge in [-0.15, -0.1) is 0 Å². The van der Waals surface area contributed by atoms with Crippen LogP contribution in [0.15, 0.2) is 46.4 Å². The van der Waals surface area contributed by atoms with E-state index in [1.807, 2.05) is 4.99 Å². The summed E-state index contributed by atoms with van der Waals surface area (Å²) in [5, 5.41) is -1.14. The van der Waals surface area contributed by atoms with Crippen LogP contribution in [0, 0.1) is 0 Å². The molecule has 0 spiro atoms. The normalized spacial score (nSPS) is 13.9. The fourth-order valence-corrected chi connectivity index (χ4v) is 4.11. The van der Waals surface area contributed by atoms with E-state index in [-0.39, 0.29) is 22.4 Å². The van der Waals surface area contributed by atoms with Crippen LogP contribution in [0.1, 0.15) is 20.8 Å². The molecule has 0 amide bonds. The third-order valence-corrected chi connectivity index (χ3v) is 7.15. The Morgan fingerprint density at radius 1 is 0.612 bits per heavy atom. The van der Waals surface area contributed by atoms with Crippen molar-refractivity contribution in [2.45, 2.75) is 56.8 Å². The molecular weight excluding hydrogens is 884 g/mol. The van der Waals surface area contributed by atoms with Gasteiger partial charge in [-0.2, -0.15) is 61.5 Å². The zero-order valence-electron chi connectivity index (χ0n) is 24.5. The van der Waals surface area contributed by atoms with Gasteiger partial charge in [-0.25, -0.2) is 4.99 Å². The Kier molecular flexibility index (Phi) is 17.2. The summed E-state index contributed by atoms with van der Waals surface area (Å²) in [6.07, 6.45) is -14.4. The number of rotatable bonds is 9. The zero-order chi connectivity index (χ0) is 37.7. The number of aliphatic imine (C=N–C) groups is 2. The van der Waals surface area contributed by atoms with Crippen LogP contribution in [0.25, 0.3) is 5.32 Å². The second kappa shape index (κ2) is 17.8. The largest absolute Gasteiger partial charge is 1.00 e. The van der Waals surface area contributed by atoms with Crippen LogP contribution >= 0.6 is 46.4 Å². The van der Waals surface area contributed by atoms with Gasteiger partial charge in [0, 0.05) is 10.0 Å². The van der Waals surface area contributed by atoms with Gasteiger partial charge in [0.1, 0.15) is 11.5 Å². The molecular formula is C26H21AgCl4F14N4. The second-order valence-corrected chi connectivity index (χ2v) is 10.7. The van der Waals surface area contributed by atoms with Crippen molar-refractivity contribution < 1.29 is 83.8 Å². The Bertz CT molecular complexity index is 1420. The molecule has 4 nitrogen and oxygen atoms in total. The molecule has 49 heavy (non-hydrogen) atoms. The fourth-order valence-electron chi connectivity index (χ4n) is 3.14. The molecule has 0 bridgehead atoms. The van der Waals surface area contributed by atoms with Crippen LogP contribution < -0.4 is 0 Å². The van der Waals surface area contributed by atoms with Gasteiger partial charge in [0.25, 0.3) is 0 Å². The fraction of sp³-hybridized carbons (Fsp3) is 0.462. The van der Waals surface area contributed by atoms with Crippen molar-refractivity contribution in [2.24, 2.45) is 9.98 Å². The Morgan fingerprint density at radius 2 is 0.959 bits per heavy atom. The van der Waals surface area contributed by atoms with Gasteiger partial charge in [0.2, 0.25) is 0 Å². The molecule has 2 aromatic rings. The summed E-state index contributed by atoms with van der Waals surface area (Å²) in [6, 6.07) is 4.77. The molecule has 0 fully saturated rings. The molecule has 0 unspecified atom stereocenters. The molecule has 0 aliphatic heterocycles. The third kappa shape index (κ3) is 10.7. The van der Waals surface area contributed by atoms with Gasteiger partial charge in [0.05, 0.1) is 10.0 Å². The number of alkyl halides is 14. The number of amidine groups is 2. The van der Waals surface area contributed by atoms with E-state index >= 15 is 0 Å². The molecule has 2 rings (SSSR count). The molecule has 0 aliphatic rings. The average Bonchev–Trinajstić information content (AvgIpc) is 2.95. The molecule has 0 N–H and O–H groups in total. The van der Waals surface area contributed by atoms with Gasteiger partial charge in [-0.05, 0) is 55.4 Å². The van der Waals surface area contributed by atoms with Crippen LogP contribution in [0.4, 0.5) is 72.8 Å². The average molecular weight is 905 g/mol. The summed E-state index contributed by atoms with van der Waals surface area (Å²) < 4.78 is 192. The maximum absolute atomic E-state index is 14.7. The molecule has 23 heteroatoms. The van der Waals surface area contributed by atoms with E-state index in [9.17, 15) is 61.5 Å². The van der Waals surface area contributed by atoms with Gasteiger partial charge >= 0.3 is 58.4 Å². The van der Waals surface area contributed by atoms with E-state index in [2.05, 4.69) is 36.0 Å². The third-order valence-electron chi connectivity index (χ3n) is 5.93. The monoisotopic (exact) mass is 902 g/mol. The van der Waals surface area contributed by atoms with Crippen molar-refractivity contribution in [1.29, 1.82) is 0 Å². The number of para-hydroxylation sites is 2. The quantitative estimate of drug-likeness (QED) is 0.107. The topological polar surface area (TPSA) is 42.1 Å². The predicted octanol–water partition coefficient (Wildman–Crippen LogP) is 12.4. The summed E-state index contributed by atoms with van der Waals surface area (Å²) in [5.74, 6) is -35.1. The van der Waals surface area contributed by atoms with Gasteiger partial charge < -0.3 is 15.2 Å². The van der Waals surface area contributed by atoms with Gasteiger partial charge in [-0.3, -0.25) is 0 Å². The summed E-state index contributed by atoms with van der Waals surface area (Å²) in [6.45, 7) is 10.1. The predicted molar refractivity (Wildman–Crippen MR) is 156 cm³/mol. The van der Waals surface area contributed by atoms with E-state index in [0.29, 0.717) is 0 Å². The van der Waals surface area contributed by atoms with E-state index in [0.717, 1.165) is 36.4 Å². The number of benzene rings is 2. The molecule has 0 saturated carbocycles. The molecule has 0 saturated heterocycles. The Labute approximate surface area is 305 Å². The van der Waals surface area contributed by atoms with Crippen LogP contribution in [-0.4, -0.2) is 72.2 Å². The molecule has 0 atom stereocenters. The number of halogens is 18. The van der Waals surface area contributed by atoms with Crippen LogP contribution in [-0.2, 0) is 22.4 Å². The maximum atomic E-state index is 14.7. The van der Waals surface area contributed by atoms with Crippen molar-refractivity contribution in [3.05, 3.63) is 61.8 Å². The molecule has 0 aromatic heterocycles. The first-order valence-corrected chi connectivity index (χ1v) is 14.3. The first-order chi connectivity index (χ1) is 21.6. The van der Waals surface area contributed by atoms with Crippen LogP contribution in [0.2, 0.25) is 20.1 Å². The Balaban J connectivity index is 0.00000259. The van der Waals surface area contributed by atoms with Crippen molar-refractivity contribution in [1.82, 2.24) is 4.90 Å². The smallest absolute Gasteiger partial charge is 0.432 e. The SMILES string of the molecule is CCN(CC)CC.FC(F)(F)C(F)(F)C(F)(F)C(=Nc1c(Cl)cccc1Cl)N=C([N-]c1c(Cl)cccc1Cl)C(F)(F)C(F)(F)C(F)(F)F.[Ag+]. The van der Waals surface area contributed by atoms with E-state index in [1.54, 1.807) is 0 Å². The summed E-state index contributed by atoms with van der Waals surface area (Å²) in [7, 11) is 0. The molecule has 2 aromatic carbocycles. The van der Waals surface area contributed by atoms with Gasteiger partial charge in [-0.1, -0.05) is 79.3 Å². The molecule has 0 heterocycles. The van der Waals surface area contributed by atoms with Crippen molar-refractivity contribution in [3.8, 4) is 0 Å². The van der Waals surface area contributed by atoms with Crippen LogP contribution in [0.3, 0.4) is 0 Å². The Morgan fingerprint density at radius 3 is 1.29 bits per heavy atom. The maximum Gasteiger partial charge on any atom is 1.00 e. The minimum absolute atomic E-state index is 0. The second-order valence-electron chi connectivity index (χ2n) is 9.04. The molecule has 282 valence electrons. The molecule has 0 radical (unpaired) electrons. The van der Waals surface area contributed by atoms with Crippen molar-refractivity contribution in [3.63, 3.8) is 0 Å². The first-order valence-electron chi connectivity index (χ1n) is 12.8. The number of hydrogen-bond acceptors (Lipinski definition) is 2. The van der Waals surface area contributed by atoms with Crippen LogP contribution in [0.5, 0.6) is 0 Å². The Hall–Kier alpha value is -1.54. The standard InChI is InChI=1S/C20H6Cl4F14N3.C6H15N.Ag/c21-7-3-1-4-8(22)11(7)39-13(15(25,26)17(29,30)19(33,34)35)41-14(16(27,28)18(31,32)20(36,37)38)40-12-9(23)5-2-6-10(12)24;1-4-7(5-2)6-3;/h1-6H;4-6H2,1-3H3;/q-1;;+1. The summed E-state index contributed by atoms with van der Waals surface area (Å²) >= 11 is 22.4. The summed E-state index contributed by atoms with van der Waals surface area (Å²) in [4.78, 5) is 6.86.